The number of hydrogen-bond donors (Lipinski definition) is 0. The second-order valence-corrected chi connectivity index (χ2v) is 35.8. The fourth-order valence-corrected chi connectivity index (χ4v) is 23.2. The maximum Gasteiger partial charge on any atom is 0.301 e. The Morgan fingerprint density at radius 1 is 0.318 bits per heavy atom. The number of aromatic nitrogens is 8. The molecule has 13 heterocycles. The Kier molecular flexibility index (Phi) is 15.4. The number of thioether (sulfide) groups is 1. The zero-order valence-corrected chi connectivity index (χ0v) is 69.7. The van der Waals surface area contributed by atoms with E-state index in [-0.39, 0.29) is 22.2 Å². The molecule has 2 atom stereocenters. The minimum absolute atomic E-state index is 0.0173. The van der Waals surface area contributed by atoms with Crippen molar-refractivity contribution in [2.45, 2.75) is 221 Å². The van der Waals surface area contributed by atoms with Gasteiger partial charge in [0.2, 0.25) is 0 Å². The van der Waals surface area contributed by atoms with Gasteiger partial charge in [-0.05, 0) is 261 Å². The number of aryl methyl sites for hydroxylation is 12. The van der Waals surface area contributed by atoms with Crippen LogP contribution in [-0.2, 0) is 22.2 Å². The van der Waals surface area contributed by atoms with E-state index in [9.17, 15) is 0 Å². The molecule has 6 aromatic carbocycles. The Morgan fingerprint density at radius 3 is 1.20 bits per heavy atom. The first-order valence-electron chi connectivity index (χ1n) is 39.1. The van der Waals surface area contributed by atoms with Gasteiger partial charge < -0.3 is 0 Å². The molecule has 0 N–H and O–H groups in total. The van der Waals surface area contributed by atoms with Crippen molar-refractivity contribution < 1.29 is 18.3 Å². The predicted octanol–water partition coefficient (Wildman–Crippen LogP) is 22.1. The van der Waals surface area contributed by atoms with Crippen LogP contribution in [0.25, 0.3) is 93.5 Å². The van der Waals surface area contributed by atoms with Crippen LogP contribution < -0.4 is 18.3 Å². The number of hydrogen-bond acceptors (Lipinski definition) is 1. The van der Waals surface area contributed by atoms with Crippen LogP contribution in [0.15, 0.2) is 139 Å². The normalized spacial score (nSPS) is 17.3. The first-order valence-corrected chi connectivity index (χ1v) is 39.9. The van der Waals surface area contributed by atoms with E-state index < -0.39 is 0 Å². The lowest BCUT2D eigenvalue weighted by Gasteiger charge is -2.27. The van der Waals surface area contributed by atoms with Gasteiger partial charge in [-0.3, -0.25) is 0 Å². The summed E-state index contributed by atoms with van der Waals surface area (Å²) in [6.45, 7) is 64.4. The third kappa shape index (κ3) is 9.04. The first kappa shape index (κ1) is 70.4. The molecule has 6 aliphatic rings. The molecule has 107 heavy (non-hydrogen) atoms. The van der Waals surface area contributed by atoms with Crippen molar-refractivity contribution >= 4 is 71.1 Å². The van der Waals surface area contributed by atoms with Gasteiger partial charge in [0.05, 0.1) is 16.7 Å². The zero-order valence-electron chi connectivity index (χ0n) is 68.8. The van der Waals surface area contributed by atoms with Gasteiger partial charge in [-0.2, -0.15) is 17.6 Å². The van der Waals surface area contributed by atoms with Crippen molar-refractivity contribution in [2.24, 2.45) is 5.92 Å². The summed E-state index contributed by atoms with van der Waals surface area (Å²) in [5.74, 6) is 5.93. The lowest BCUT2D eigenvalue weighted by atomic mass is 9.81. The summed E-state index contributed by atoms with van der Waals surface area (Å²) in [7, 11) is 0. The Labute approximate surface area is 638 Å². The summed E-state index contributed by atoms with van der Waals surface area (Å²) in [6.07, 6.45) is 9.22. The van der Waals surface area contributed by atoms with Crippen LogP contribution >= 0.6 is 11.8 Å². The Hall–Kier alpha value is -9.57. The third-order valence-electron chi connectivity index (χ3n) is 28.1. The average Bonchev–Trinajstić information content (AvgIpc) is 1.54. The number of nitrogens with zero attached hydrogens (tertiary/aromatic N) is 8. The molecule has 14 aromatic rings. The SMILES string of the molecule is Cc1c(C)c(C)n2c3[n+](c(C)c2c1C)C(C)(C)C1=C3SC2C=CC=CC12.Cc1c(C)c(C)n2c3[n+](c(C)c2c1C)C(C)(C)c1c-3ccc2ccccc12.Cc1c(C)c(C)n2c3[n+](c(C)c2c1C)C(C)(C)c1cc2ccccc2cc1-3.Cc1c(C)c(C)n2c3[n+](c(C)c2c1C)C(C)(C)c1ccc2ccccc2c1-3. The molecule has 0 saturated heterocycles. The highest BCUT2D eigenvalue weighted by molar-refractivity contribution is 8.09. The summed E-state index contributed by atoms with van der Waals surface area (Å²) >= 11 is 2.06. The van der Waals surface area contributed by atoms with E-state index in [1.807, 2.05) is 0 Å². The van der Waals surface area contributed by atoms with Gasteiger partial charge in [0, 0.05) is 83.4 Å². The maximum atomic E-state index is 2.61. The molecule has 0 fully saturated rings. The van der Waals surface area contributed by atoms with Crippen molar-refractivity contribution in [3.63, 3.8) is 0 Å². The fraction of sp³-hybridized carbons (Fsp3) is 0.347. The monoisotopic (exact) mass is 1430 g/mol. The van der Waals surface area contributed by atoms with Gasteiger partial charge in [0.1, 0.15) is 72.6 Å². The number of benzene rings is 6. The molecule has 0 spiro atoms. The second-order valence-electron chi connectivity index (χ2n) is 34.6. The lowest BCUT2D eigenvalue weighted by Crippen LogP contribution is -2.54. The second kappa shape index (κ2) is 23.5. The van der Waals surface area contributed by atoms with E-state index in [0.29, 0.717) is 11.2 Å². The van der Waals surface area contributed by atoms with E-state index in [0.717, 1.165) is 0 Å². The predicted molar refractivity (Wildman–Crippen MR) is 449 cm³/mol. The standard InChI is InChI=1S/3C25H27N2.C23H27N2S/c1-14-15(2)17(4)26-23(16(14)3)18(5)27-24(26)21-12-19-10-8-9-11-20(19)13-22(21)25(27,6)7;1-14-15(2)17(4)26-23(16(14)3)18(5)27-24(26)22-20-11-9-8-10-19(20)12-13-21(22)25(27,6)7;1-14-15(2)17(4)26-23(16(14)3)18(5)27-24(26)21-13-12-19-10-8-9-11-20(19)22(21)25(27,6)7;1-12-13(2)15(4)24-20(14(12)3)16(5)25-22(24)21-19(23(25,6)7)17-10-8-9-11-18(17)26-21/h3*8-13H,1-7H3;8-11,17-18H,1-7H3/q4*+1. The summed E-state index contributed by atoms with van der Waals surface area (Å²) < 4.78 is 20.4. The highest BCUT2D eigenvalue weighted by Crippen LogP contribution is 2.58. The number of fused-ring (bicyclic) bond motifs is 26. The highest BCUT2D eigenvalue weighted by atomic mass is 32.2. The lowest BCUT2D eigenvalue weighted by molar-refractivity contribution is -0.749. The summed E-state index contributed by atoms with van der Waals surface area (Å²) in [6, 6.07) is 40.3. The third-order valence-corrected chi connectivity index (χ3v) is 29.5. The van der Waals surface area contributed by atoms with Crippen molar-refractivity contribution in [1.82, 2.24) is 17.6 Å². The number of imidazole rings is 4. The van der Waals surface area contributed by atoms with Crippen LogP contribution in [0.5, 0.6) is 0 Å². The number of allylic oxidation sites excluding steroid dienone is 4. The van der Waals surface area contributed by atoms with Crippen molar-refractivity contribution in [3.8, 4) is 34.2 Å². The summed E-state index contributed by atoms with van der Waals surface area (Å²) in [4.78, 5) is 1.51. The van der Waals surface area contributed by atoms with E-state index in [4.69, 9.17) is 0 Å². The minimum atomic E-state index is -0.0810. The van der Waals surface area contributed by atoms with E-state index in [1.54, 1.807) is 5.57 Å². The number of pyridine rings is 4. The fourth-order valence-electron chi connectivity index (χ4n) is 21.5. The molecule has 0 amide bonds. The summed E-state index contributed by atoms with van der Waals surface area (Å²) in [5.41, 5.74) is 43.2. The molecule has 8 nitrogen and oxygen atoms in total. The molecule has 20 rings (SSSR count). The van der Waals surface area contributed by atoms with E-state index >= 15 is 0 Å². The largest absolute Gasteiger partial charge is 0.301 e. The Morgan fingerprint density at radius 2 is 0.692 bits per heavy atom. The molecule has 5 aliphatic heterocycles. The van der Waals surface area contributed by atoms with Gasteiger partial charge >= 0.3 is 5.82 Å². The van der Waals surface area contributed by atoms with E-state index in [2.05, 4.69) is 375 Å². The Bertz CT molecular complexity index is 6430. The molecular weight excluding hydrogens is 1320 g/mol. The average molecular weight is 1430 g/mol. The quantitative estimate of drug-likeness (QED) is 0.139. The van der Waals surface area contributed by atoms with Crippen molar-refractivity contribution in [1.29, 1.82) is 0 Å². The molecule has 1 aliphatic carbocycles. The zero-order chi connectivity index (χ0) is 76.3. The smallest absolute Gasteiger partial charge is 0.217 e. The Balaban J connectivity index is 0.000000105. The van der Waals surface area contributed by atoms with E-state index in [1.165, 1.54) is 228 Å². The number of rotatable bonds is 0. The molecule has 542 valence electrons. The van der Waals surface area contributed by atoms with Crippen molar-refractivity contribution in [3.05, 3.63) is 274 Å². The first-order chi connectivity index (χ1) is 50.5. The molecule has 0 bridgehead atoms. The highest BCUT2D eigenvalue weighted by Gasteiger charge is 2.57. The minimum Gasteiger partial charge on any atom is -0.217 e. The van der Waals surface area contributed by atoms with Gasteiger partial charge in [-0.25, -0.2) is 18.3 Å². The van der Waals surface area contributed by atoms with Crippen LogP contribution in [0, 0.1) is 144 Å². The van der Waals surface area contributed by atoms with Crippen LogP contribution in [-0.4, -0.2) is 22.9 Å². The maximum absolute atomic E-state index is 2.61. The molecule has 0 radical (unpaired) electrons. The topological polar surface area (TPSA) is 33.2 Å². The summed E-state index contributed by atoms with van der Waals surface area (Å²) in [5, 5.41) is 8.54. The van der Waals surface area contributed by atoms with Crippen LogP contribution in [0.4, 0.5) is 0 Å². The van der Waals surface area contributed by atoms with Gasteiger partial charge in [0.15, 0.2) is 22.1 Å². The van der Waals surface area contributed by atoms with Gasteiger partial charge in [-0.15, -0.1) is 11.8 Å². The van der Waals surface area contributed by atoms with Crippen LogP contribution in [0.1, 0.15) is 190 Å². The molecule has 8 aromatic heterocycles. The van der Waals surface area contributed by atoms with Gasteiger partial charge in [-0.1, -0.05) is 115 Å². The molecule has 9 heteroatoms. The van der Waals surface area contributed by atoms with Crippen LogP contribution in [0.2, 0.25) is 0 Å². The molecule has 2 unspecified atom stereocenters. The molecular formula is C98H108N8S+4. The molecule has 0 saturated carbocycles. The van der Waals surface area contributed by atoms with Gasteiger partial charge in [0.25, 0.3) is 17.5 Å². The van der Waals surface area contributed by atoms with Crippen molar-refractivity contribution in [2.75, 3.05) is 0 Å². The van der Waals surface area contributed by atoms with Crippen LogP contribution in [0.3, 0.4) is 0 Å².